The first kappa shape index (κ1) is 12.2. The minimum atomic E-state index is -1.16. The number of ether oxygens (including phenoxy) is 2. The van der Waals surface area contributed by atoms with E-state index in [2.05, 4.69) is 5.32 Å². The maximum Gasteiger partial charge on any atom is 0.405 e. The number of hydrogen-bond donors (Lipinski definition) is 3. The fraction of sp³-hybridized carbons (Fsp3) is 0.889. The van der Waals surface area contributed by atoms with E-state index in [4.69, 9.17) is 19.7 Å². The maximum absolute atomic E-state index is 10.3. The predicted molar refractivity (Wildman–Crippen MR) is 51.6 cm³/mol. The number of aliphatic hydroxyl groups excluding tert-OH is 1. The van der Waals surface area contributed by atoms with Crippen LogP contribution >= 0.6 is 0 Å². The van der Waals surface area contributed by atoms with Crippen LogP contribution in [0.2, 0.25) is 0 Å². The van der Waals surface area contributed by atoms with Gasteiger partial charge in [-0.25, -0.2) is 4.79 Å². The summed E-state index contributed by atoms with van der Waals surface area (Å²) < 4.78 is 10.6. The zero-order valence-corrected chi connectivity index (χ0v) is 8.52. The third-order valence-corrected chi connectivity index (χ3v) is 2.17. The van der Waals surface area contributed by atoms with Gasteiger partial charge in [-0.3, -0.25) is 0 Å². The summed E-state index contributed by atoms with van der Waals surface area (Å²) in [6.45, 7) is 0.535. The molecule has 15 heavy (non-hydrogen) atoms. The van der Waals surface area contributed by atoms with Gasteiger partial charge in [0, 0.05) is 6.61 Å². The highest BCUT2D eigenvalue weighted by atomic mass is 16.7. The molecule has 1 aliphatic heterocycles. The van der Waals surface area contributed by atoms with Crippen molar-refractivity contribution in [1.82, 2.24) is 5.32 Å². The van der Waals surface area contributed by atoms with Gasteiger partial charge in [0.05, 0.1) is 19.3 Å². The van der Waals surface area contributed by atoms with Crippen LogP contribution in [-0.2, 0) is 9.47 Å². The zero-order valence-electron chi connectivity index (χ0n) is 8.52. The molecule has 0 aromatic heterocycles. The molecule has 1 amide bonds. The van der Waals surface area contributed by atoms with Gasteiger partial charge in [0.25, 0.3) is 0 Å². The van der Waals surface area contributed by atoms with Crippen LogP contribution in [0.5, 0.6) is 0 Å². The largest absolute Gasteiger partial charge is 0.465 e. The Balaban J connectivity index is 2.17. The molecule has 88 valence electrons. The summed E-state index contributed by atoms with van der Waals surface area (Å²) in [6.07, 6.45) is 1.49. The molecule has 0 aromatic rings. The van der Waals surface area contributed by atoms with Crippen LogP contribution in [0.3, 0.4) is 0 Å². The van der Waals surface area contributed by atoms with E-state index in [-0.39, 0.29) is 19.5 Å². The van der Waals surface area contributed by atoms with Crippen molar-refractivity contribution < 1.29 is 24.5 Å². The number of rotatable bonds is 5. The Kier molecular flexibility index (Phi) is 5.38. The van der Waals surface area contributed by atoms with E-state index in [1.165, 1.54) is 0 Å². The van der Waals surface area contributed by atoms with Crippen molar-refractivity contribution in [2.45, 2.75) is 31.6 Å². The SMILES string of the molecule is O=C(O)N[C@H](CO)COC1CCCCO1. The van der Waals surface area contributed by atoms with E-state index in [1.807, 2.05) is 0 Å². The summed E-state index contributed by atoms with van der Waals surface area (Å²) in [4.78, 5) is 10.3. The van der Waals surface area contributed by atoms with Gasteiger partial charge in [0.15, 0.2) is 6.29 Å². The quantitative estimate of drug-likeness (QED) is 0.613. The lowest BCUT2D eigenvalue weighted by Gasteiger charge is -2.24. The molecular formula is C9H17NO5. The molecule has 6 nitrogen and oxygen atoms in total. The number of carboxylic acid groups (broad SMARTS) is 1. The minimum Gasteiger partial charge on any atom is -0.465 e. The molecule has 2 atom stereocenters. The Morgan fingerprint density at radius 2 is 2.40 bits per heavy atom. The average molecular weight is 219 g/mol. The molecule has 0 spiro atoms. The summed E-state index contributed by atoms with van der Waals surface area (Å²) in [5, 5.41) is 19.5. The highest BCUT2D eigenvalue weighted by Crippen LogP contribution is 2.13. The number of hydrogen-bond acceptors (Lipinski definition) is 4. The Labute approximate surface area is 88.2 Å². The molecule has 0 aliphatic carbocycles. The van der Waals surface area contributed by atoms with Crippen LogP contribution in [0, 0.1) is 0 Å². The molecule has 0 bridgehead atoms. The number of aliphatic hydroxyl groups is 1. The summed E-state index contributed by atoms with van der Waals surface area (Å²) >= 11 is 0. The number of amides is 1. The number of carbonyl (C=O) groups is 1. The Morgan fingerprint density at radius 3 is 2.93 bits per heavy atom. The third kappa shape index (κ3) is 4.96. The number of nitrogens with one attached hydrogen (secondary N) is 1. The molecule has 0 aromatic carbocycles. The third-order valence-electron chi connectivity index (χ3n) is 2.17. The standard InChI is InChI=1S/C9H17NO5/c11-5-7(10-9(12)13)6-15-8-3-1-2-4-14-8/h7-8,10-11H,1-6H2,(H,12,13)/t7-,8?/m1/s1. The normalized spacial score (nSPS) is 23.4. The van der Waals surface area contributed by atoms with E-state index >= 15 is 0 Å². The lowest BCUT2D eigenvalue weighted by molar-refractivity contribution is -0.166. The van der Waals surface area contributed by atoms with E-state index < -0.39 is 12.1 Å². The zero-order chi connectivity index (χ0) is 11.1. The van der Waals surface area contributed by atoms with Crippen molar-refractivity contribution in [2.24, 2.45) is 0 Å². The fourth-order valence-electron chi connectivity index (χ4n) is 1.38. The molecule has 0 radical (unpaired) electrons. The smallest absolute Gasteiger partial charge is 0.405 e. The van der Waals surface area contributed by atoms with Crippen molar-refractivity contribution in [2.75, 3.05) is 19.8 Å². The Hall–Kier alpha value is -0.850. The second-order valence-electron chi connectivity index (χ2n) is 3.46. The average Bonchev–Trinajstić information content (AvgIpc) is 2.25. The highest BCUT2D eigenvalue weighted by molar-refractivity contribution is 5.64. The lowest BCUT2D eigenvalue weighted by Crippen LogP contribution is -2.41. The molecule has 1 unspecified atom stereocenters. The second-order valence-corrected chi connectivity index (χ2v) is 3.46. The minimum absolute atomic E-state index is 0.132. The van der Waals surface area contributed by atoms with Gasteiger partial charge in [-0.1, -0.05) is 0 Å². The molecule has 3 N–H and O–H groups in total. The van der Waals surface area contributed by atoms with Crippen molar-refractivity contribution in [3.8, 4) is 0 Å². The molecule has 1 rings (SSSR count). The van der Waals surface area contributed by atoms with Crippen molar-refractivity contribution >= 4 is 6.09 Å². The Morgan fingerprint density at radius 1 is 1.60 bits per heavy atom. The molecule has 1 saturated heterocycles. The van der Waals surface area contributed by atoms with Crippen LogP contribution in [0.25, 0.3) is 0 Å². The Bertz CT molecular complexity index is 193. The first-order valence-electron chi connectivity index (χ1n) is 5.06. The van der Waals surface area contributed by atoms with Gasteiger partial charge in [-0.15, -0.1) is 0 Å². The first-order chi connectivity index (χ1) is 7.22. The topological polar surface area (TPSA) is 88.0 Å². The van der Waals surface area contributed by atoms with Crippen molar-refractivity contribution in [3.63, 3.8) is 0 Å². The van der Waals surface area contributed by atoms with Crippen LogP contribution in [0.15, 0.2) is 0 Å². The van der Waals surface area contributed by atoms with Gasteiger partial charge in [-0.2, -0.15) is 0 Å². The van der Waals surface area contributed by atoms with Gasteiger partial charge >= 0.3 is 6.09 Å². The highest BCUT2D eigenvalue weighted by Gasteiger charge is 2.17. The first-order valence-corrected chi connectivity index (χ1v) is 5.06. The van der Waals surface area contributed by atoms with E-state index in [0.29, 0.717) is 6.61 Å². The van der Waals surface area contributed by atoms with E-state index in [1.54, 1.807) is 0 Å². The van der Waals surface area contributed by atoms with Gasteiger partial charge in [-0.05, 0) is 19.3 Å². The van der Waals surface area contributed by atoms with E-state index in [9.17, 15) is 4.79 Å². The summed E-state index contributed by atoms with van der Waals surface area (Å²) in [7, 11) is 0. The fourth-order valence-corrected chi connectivity index (χ4v) is 1.38. The van der Waals surface area contributed by atoms with Crippen LogP contribution in [-0.4, -0.2) is 48.5 Å². The molecule has 1 heterocycles. The molecule has 6 heteroatoms. The van der Waals surface area contributed by atoms with E-state index in [0.717, 1.165) is 19.3 Å². The molecular weight excluding hydrogens is 202 g/mol. The van der Waals surface area contributed by atoms with Crippen LogP contribution in [0.1, 0.15) is 19.3 Å². The molecule has 1 fully saturated rings. The second kappa shape index (κ2) is 6.60. The van der Waals surface area contributed by atoms with Gasteiger partial charge in [0.2, 0.25) is 0 Å². The molecule has 0 saturated carbocycles. The van der Waals surface area contributed by atoms with Crippen molar-refractivity contribution in [3.05, 3.63) is 0 Å². The van der Waals surface area contributed by atoms with Gasteiger partial charge in [0.1, 0.15) is 0 Å². The summed E-state index contributed by atoms with van der Waals surface area (Å²) in [5.74, 6) is 0. The van der Waals surface area contributed by atoms with Gasteiger partial charge < -0.3 is 25.0 Å². The monoisotopic (exact) mass is 219 g/mol. The maximum atomic E-state index is 10.3. The van der Waals surface area contributed by atoms with Crippen LogP contribution in [0.4, 0.5) is 4.79 Å². The van der Waals surface area contributed by atoms with Crippen molar-refractivity contribution in [1.29, 1.82) is 0 Å². The summed E-state index contributed by atoms with van der Waals surface area (Å²) in [6, 6.07) is -0.590. The van der Waals surface area contributed by atoms with Crippen LogP contribution < -0.4 is 5.32 Å². The molecule has 1 aliphatic rings. The summed E-state index contributed by atoms with van der Waals surface area (Å²) in [5.41, 5.74) is 0. The lowest BCUT2D eigenvalue weighted by atomic mass is 10.2. The predicted octanol–water partition coefficient (Wildman–Crippen LogP) is 0.158.